The van der Waals surface area contributed by atoms with Gasteiger partial charge in [0.05, 0.1) is 43.5 Å². The highest BCUT2D eigenvalue weighted by atomic mass is 32.2. The fourth-order valence-electron chi connectivity index (χ4n) is 5.13. The van der Waals surface area contributed by atoms with Gasteiger partial charge in [-0.2, -0.15) is 0 Å². The van der Waals surface area contributed by atoms with Crippen LogP contribution in [0.1, 0.15) is 39.9 Å². The molecule has 3 aromatic carbocycles. The van der Waals surface area contributed by atoms with E-state index in [1.54, 1.807) is 42.5 Å². The summed E-state index contributed by atoms with van der Waals surface area (Å²) in [5, 5.41) is 3.60. The maximum Gasteiger partial charge on any atom is 0.337 e. The third kappa shape index (κ3) is 4.62. The van der Waals surface area contributed by atoms with E-state index in [1.165, 1.54) is 21.3 Å². The predicted molar refractivity (Wildman–Crippen MR) is 141 cm³/mol. The number of carbonyl (C=O) groups excluding carboxylic acids is 1. The third-order valence-corrected chi connectivity index (χ3v) is 8.35. The average molecular weight is 521 g/mol. The molecule has 9 heteroatoms. The van der Waals surface area contributed by atoms with E-state index in [-0.39, 0.29) is 28.7 Å². The Morgan fingerprint density at radius 2 is 1.70 bits per heavy atom. The SMILES string of the molecule is COC(=O)c1ccc([C@H]2Nc3ccc(S(=O)(=O)Nc4ccc(OC)c(OC)c4)cc3[C@H]3C=CC[C@H]32)cc1. The summed E-state index contributed by atoms with van der Waals surface area (Å²) in [7, 11) is 0.543. The monoisotopic (exact) mass is 520 g/mol. The van der Waals surface area contributed by atoms with Crippen LogP contribution in [0.5, 0.6) is 11.5 Å². The van der Waals surface area contributed by atoms with Gasteiger partial charge in [0.15, 0.2) is 11.5 Å². The van der Waals surface area contributed by atoms with Crippen molar-refractivity contribution in [2.45, 2.75) is 23.3 Å². The van der Waals surface area contributed by atoms with Gasteiger partial charge in [-0.05, 0) is 65.9 Å². The second-order valence-corrected chi connectivity index (χ2v) is 10.7. The predicted octanol–water partition coefficient (Wildman–Crippen LogP) is 5.12. The molecule has 0 unspecified atom stereocenters. The minimum atomic E-state index is -3.84. The molecular formula is C28H28N2O6S. The zero-order valence-electron chi connectivity index (χ0n) is 20.7. The van der Waals surface area contributed by atoms with Crippen molar-refractivity contribution in [1.82, 2.24) is 0 Å². The van der Waals surface area contributed by atoms with Gasteiger partial charge >= 0.3 is 5.97 Å². The van der Waals surface area contributed by atoms with E-state index < -0.39 is 10.0 Å². The molecule has 2 N–H and O–H groups in total. The van der Waals surface area contributed by atoms with Crippen LogP contribution < -0.4 is 19.5 Å². The summed E-state index contributed by atoms with van der Waals surface area (Å²) >= 11 is 0. The molecule has 1 aliphatic heterocycles. The first kappa shape index (κ1) is 24.7. The fraction of sp³-hybridized carbons (Fsp3) is 0.250. The Morgan fingerprint density at radius 3 is 2.41 bits per heavy atom. The highest BCUT2D eigenvalue weighted by Gasteiger charge is 2.38. The van der Waals surface area contributed by atoms with Crippen molar-refractivity contribution >= 4 is 27.4 Å². The lowest BCUT2D eigenvalue weighted by Gasteiger charge is -2.37. The first-order valence-corrected chi connectivity index (χ1v) is 13.3. The standard InChI is InChI=1S/C28H28N2O6S/c1-34-25-14-11-19(15-26(25)35-2)30-37(32,33)20-12-13-24-23(16-20)21-5-4-6-22(21)27(29-24)17-7-9-18(10-8-17)28(31)36-3/h4-5,7-16,21-22,27,29-30H,6H2,1-3H3/t21-,22+,27+/m0/s1. The van der Waals surface area contributed by atoms with Gasteiger partial charge in [-0.15, -0.1) is 0 Å². The van der Waals surface area contributed by atoms with Gasteiger partial charge in [0.2, 0.25) is 0 Å². The second-order valence-electron chi connectivity index (χ2n) is 9.01. The number of allylic oxidation sites excluding steroid dienone is 2. The minimum absolute atomic E-state index is 0.0199. The third-order valence-electron chi connectivity index (χ3n) is 6.97. The zero-order chi connectivity index (χ0) is 26.2. The van der Waals surface area contributed by atoms with Gasteiger partial charge in [0, 0.05) is 17.7 Å². The first-order valence-electron chi connectivity index (χ1n) is 11.8. The summed E-state index contributed by atoms with van der Waals surface area (Å²) in [5.41, 5.74) is 3.77. The van der Waals surface area contributed by atoms with Gasteiger partial charge in [-0.1, -0.05) is 24.3 Å². The second kappa shape index (κ2) is 9.82. The zero-order valence-corrected chi connectivity index (χ0v) is 21.5. The normalized spacial score (nSPS) is 19.8. The van der Waals surface area contributed by atoms with E-state index in [1.807, 2.05) is 18.2 Å². The van der Waals surface area contributed by atoms with Crippen molar-refractivity contribution in [1.29, 1.82) is 0 Å². The van der Waals surface area contributed by atoms with Crippen molar-refractivity contribution in [3.63, 3.8) is 0 Å². The van der Waals surface area contributed by atoms with Gasteiger partial charge in [-0.25, -0.2) is 13.2 Å². The fourth-order valence-corrected chi connectivity index (χ4v) is 6.21. The Morgan fingerprint density at radius 1 is 0.946 bits per heavy atom. The molecular weight excluding hydrogens is 492 g/mol. The Hall–Kier alpha value is -3.98. The molecule has 3 atom stereocenters. The number of nitrogens with one attached hydrogen (secondary N) is 2. The summed E-state index contributed by atoms with van der Waals surface area (Å²) in [6.45, 7) is 0. The van der Waals surface area contributed by atoms with E-state index in [2.05, 4.69) is 22.2 Å². The maximum absolute atomic E-state index is 13.3. The van der Waals surface area contributed by atoms with E-state index >= 15 is 0 Å². The van der Waals surface area contributed by atoms with E-state index in [4.69, 9.17) is 14.2 Å². The number of fused-ring (bicyclic) bond motifs is 3. The Balaban J connectivity index is 1.43. The summed E-state index contributed by atoms with van der Waals surface area (Å²) in [4.78, 5) is 12.0. The Bertz CT molecular complexity index is 1470. The number of ether oxygens (including phenoxy) is 3. The van der Waals surface area contributed by atoms with Crippen LogP contribution in [-0.4, -0.2) is 35.7 Å². The number of benzene rings is 3. The first-order chi connectivity index (χ1) is 17.8. The molecule has 8 nitrogen and oxygen atoms in total. The molecule has 37 heavy (non-hydrogen) atoms. The van der Waals surface area contributed by atoms with Crippen LogP contribution >= 0.6 is 0 Å². The lowest BCUT2D eigenvalue weighted by Crippen LogP contribution is -2.29. The molecule has 0 radical (unpaired) electrons. The molecule has 0 spiro atoms. The smallest absolute Gasteiger partial charge is 0.337 e. The lowest BCUT2D eigenvalue weighted by atomic mass is 9.77. The number of anilines is 2. The highest BCUT2D eigenvalue weighted by molar-refractivity contribution is 7.92. The molecule has 1 aliphatic carbocycles. The molecule has 0 amide bonds. The Labute approximate surface area is 216 Å². The number of esters is 1. The minimum Gasteiger partial charge on any atom is -0.493 e. The maximum atomic E-state index is 13.3. The number of carbonyl (C=O) groups is 1. The van der Waals surface area contributed by atoms with Crippen molar-refractivity contribution in [3.05, 3.63) is 89.5 Å². The summed E-state index contributed by atoms with van der Waals surface area (Å²) in [5.74, 6) is 0.858. The van der Waals surface area contributed by atoms with Crippen LogP contribution in [0.4, 0.5) is 11.4 Å². The summed E-state index contributed by atoms with van der Waals surface area (Å²) < 4.78 is 44.5. The van der Waals surface area contributed by atoms with Crippen LogP contribution in [0.15, 0.2) is 77.7 Å². The molecule has 0 aromatic heterocycles. The van der Waals surface area contributed by atoms with Gasteiger partial charge in [0.1, 0.15) is 0 Å². The molecule has 0 bridgehead atoms. The van der Waals surface area contributed by atoms with Crippen LogP contribution in [0.25, 0.3) is 0 Å². The summed E-state index contributed by atoms with van der Waals surface area (Å²) in [6, 6.07) is 17.5. The Kier molecular flexibility index (Phi) is 6.55. The quantitative estimate of drug-likeness (QED) is 0.329. The van der Waals surface area contributed by atoms with Crippen molar-refractivity contribution in [2.24, 2.45) is 5.92 Å². The van der Waals surface area contributed by atoms with Crippen LogP contribution in [0, 0.1) is 5.92 Å². The number of sulfonamides is 1. The topological polar surface area (TPSA) is 103 Å². The van der Waals surface area contributed by atoms with Crippen molar-refractivity contribution in [3.8, 4) is 11.5 Å². The molecule has 0 saturated carbocycles. The average Bonchev–Trinajstić information content (AvgIpc) is 3.42. The molecule has 2 aliphatic rings. The van der Waals surface area contributed by atoms with Gasteiger partial charge in [0.25, 0.3) is 10.0 Å². The van der Waals surface area contributed by atoms with Crippen molar-refractivity contribution < 1.29 is 27.4 Å². The largest absolute Gasteiger partial charge is 0.493 e. The molecule has 5 rings (SSSR count). The molecule has 192 valence electrons. The lowest BCUT2D eigenvalue weighted by molar-refractivity contribution is 0.0600. The number of rotatable bonds is 7. The molecule has 1 heterocycles. The number of hydrogen-bond donors (Lipinski definition) is 2. The van der Waals surface area contributed by atoms with E-state index in [0.29, 0.717) is 22.7 Å². The van der Waals surface area contributed by atoms with Crippen molar-refractivity contribution in [2.75, 3.05) is 31.4 Å². The van der Waals surface area contributed by atoms with Gasteiger partial charge < -0.3 is 19.5 Å². The number of hydrogen-bond acceptors (Lipinski definition) is 7. The van der Waals surface area contributed by atoms with E-state index in [0.717, 1.165) is 23.2 Å². The highest BCUT2D eigenvalue weighted by Crippen LogP contribution is 2.50. The van der Waals surface area contributed by atoms with E-state index in [9.17, 15) is 13.2 Å². The number of methoxy groups -OCH3 is 3. The molecule has 0 saturated heterocycles. The van der Waals surface area contributed by atoms with Crippen LogP contribution in [0.2, 0.25) is 0 Å². The molecule has 0 fully saturated rings. The molecule has 3 aromatic rings. The van der Waals surface area contributed by atoms with Crippen LogP contribution in [-0.2, 0) is 14.8 Å². The van der Waals surface area contributed by atoms with Crippen LogP contribution in [0.3, 0.4) is 0 Å². The summed E-state index contributed by atoms with van der Waals surface area (Å²) in [6.07, 6.45) is 5.16. The van der Waals surface area contributed by atoms with Gasteiger partial charge in [-0.3, -0.25) is 4.72 Å².